The molecule has 1 heterocycles. The van der Waals surface area contributed by atoms with Gasteiger partial charge in [0.05, 0.1) is 12.7 Å². The minimum Gasteiger partial charge on any atom is -0.492 e. The van der Waals surface area contributed by atoms with Crippen molar-refractivity contribution in [2.75, 3.05) is 7.11 Å². The number of methoxy groups -OCH3 is 1. The lowest BCUT2D eigenvalue weighted by molar-refractivity contribution is 0.101. The van der Waals surface area contributed by atoms with Crippen LogP contribution in [0.15, 0.2) is 12.1 Å². The topological polar surface area (TPSA) is 35.5 Å². The zero-order chi connectivity index (χ0) is 11.0. The summed E-state index contributed by atoms with van der Waals surface area (Å²) >= 11 is 0. The predicted octanol–water partition coefficient (Wildman–Crippen LogP) is 2.22. The second-order valence-corrected chi connectivity index (χ2v) is 3.82. The molecule has 1 atom stereocenters. The largest absolute Gasteiger partial charge is 0.492 e. The lowest BCUT2D eigenvalue weighted by Crippen LogP contribution is -2.06. The van der Waals surface area contributed by atoms with Crippen molar-refractivity contribution in [3.05, 3.63) is 23.3 Å². The predicted molar refractivity (Wildman–Crippen MR) is 56.8 cm³/mol. The van der Waals surface area contributed by atoms with Gasteiger partial charge in [0.15, 0.2) is 17.3 Å². The van der Waals surface area contributed by atoms with Gasteiger partial charge < -0.3 is 9.47 Å². The van der Waals surface area contributed by atoms with Gasteiger partial charge in [-0.1, -0.05) is 6.07 Å². The third-order valence-electron chi connectivity index (χ3n) is 2.60. The summed E-state index contributed by atoms with van der Waals surface area (Å²) in [6.07, 6.45) is 1.04. The van der Waals surface area contributed by atoms with Crippen LogP contribution in [0.2, 0.25) is 0 Å². The van der Waals surface area contributed by atoms with E-state index < -0.39 is 0 Å². The molecule has 0 aromatic heterocycles. The number of rotatable bonds is 2. The molecule has 15 heavy (non-hydrogen) atoms. The fraction of sp³-hybridized carbons (Fsp3) is 0.417. The zero-order valence-corrected chi connectivity index (χ0v) is 9.16. The zero-order valence-electron chi connectivity index (χ0n) is 9.16. The van der Waals surface area contributed by atoms with Crippen LogP contribution in [0.1, 0.15) is 29.8 Å². The first-order chi connectivity index (χ1) is 7.13. The van der Waals surface area contributed by atoms with Crippen LogP contribution in [0.5, 0.6) is 11.5 Å². The third-order valence-corrected chi connectivity index (χ3v) is 2.60. The van der Waals surface area contributed by atoms with Gasteiger partial charge in [0.2, 0.25) is 0 Å². The highest BCUT2D eigenvalue weighted by atomic mass is 16.5. The molecule has 0 spiro atoms. The summed E-state index contributed by atoms with van der Waals surface area (Å²) in [6, 6.07) is 3.75. The minimum atomic E-state index is -0.00203. The molecule has 3 nitrogen and oxygen atoms in total. The number of Topliss-reactive ketones (excluding diaryl/α,β-unsaturated/α-hetero) is 1. The molecular weight excluding hydrogens is 192 g/mol. The summed E-state index contributed by atoms with van der Waals surface area (Å²) in [5.74, 6) is 1.31. The van der Waals surface area contributed by atoms with Gasteiger partial charge in [0.25, 0.3) is 0 Å². The van der Waals surface area contributed by atoms with Gasteiger partial charge in [-0.2, -0.15) is 0 Å². The molecule has 1 aliphatic heterocycles. The van der Waals surface area contributed by atoms with Gasteiger partial charge in [0, 0.05) is 12.0 Å². The Bertz CT molecular complexity index is 410. The van der Waals surface area contributed by atoms with E-state index in [1.807, 2.05) is 13.0 Å². The maximum absolute atomic E-state index is 11.4. The Hall–Kier alpha value is -1.51. The Morgan fingerprint density at radius 3 is 2.87 bits per heavy atom. The smallest absolute Gasteiger partial charge is 0.171 e. The number of hydrogen-bond acceptors (Lipinski definition) is 3. The van der Waals surface area contributed by atoms with Crippen molar-refractivity contribution in [3.63, 3.8) is 0 Å². The Balaban J connectivity index is 2.56. The van der Waals surface area contributed by atoms with Crippen LogP contribution >= 0.6 is 0 Å². The maximum atomic E-state index is 11.4. The Morgan fingerprint density at radius 1 is 1.53 bits per heavy atom. The highest BCUT2D eigenvalue weighted by Gasteiger charge is 2.25. The Labute approximate surface area is 89.0 Å². The third kappa shape index (κ3) is 1.58. The highest BCUT2D eigenvalue weighted by molar-refractivity contribution is 5.98. The molecule has 0 N–H and O–H groups in total. The lowest BCUT2D eigenvalue weighted by Gasteiger charge is -2.11. The number of hydrogen-bond donors (Lipinski definition) is 0. The molecule has 0 amide bonds. The van der Waals surface area contributed by atoms with E-state index in [-0.39, 0.29) is 11.9 Å². The number of benzene rings is 1. The fourth-order valence-corrected chi connectivity index (χ4v) is 1.93. The van der Waals surface area contributed by atoms with Crippen molar-refractivity contribution in [3.8, 4) is 11.5 Å². The first kappa shape index (κ1) is 10.0. The van der Waals surface area contributed by atoms with Crippen molar-refractivity contribution in [1.29, 1.82) is 0 Å². The summed E-state index contributed by atoms with van der Waals surface area (Å²) in [6.45, 7) is 3.54. The van der Waals surface area contributed by atoms with Gasteiger partial charge in [-0.3, -0.25) is 4.79 Å². The average Bonchev–Trinajstić information content (AvgIpc) is 2.55. The Morgan fingerprint density at radius 2 is 2.27 bits per heavy atom. The molecule has 3 heteroatoms. The molecule has 0 radical (unpaired) electrons. The van der Waals surface area contributed by atoms with Crippen LogP contribution in [-0.4, -0.2) is 19.0 Å². The van der Waals surface area contributed by atoms with Crippen LogP contribution in [0.25, 0.3) is 0 Å². The molecule has 0 saturated heterocycles. The van der Waals surface area contributed by atoms with E-state index >= 15 is 0 Å². The van der Waals surface area contributed by atoms with Crippen molar-refractivity contribution in [2.45, 2.75) is 26.4 Å². The molecular formula is C12H14O3. The first-order valence-electron chi connectivity index (χ1n) is 5.01. The van der Waals surface area contributed by atoms with Gasteiger partial charge in [0.1, 0.15) is 6.10 Å². The average molecular weight is 206 g/mol. The van der Waals surface area contributed by atoms with Crippen LogP contribution in [0.4, 0.5) is 0 Å². The van der Waals surface area contributed by atoms with E-state index in [1.54, 1.807) is 13.2 Å². The van der Waals surface area contributed by atoms with E-state index in [4.69, 9.17) is 9.47 Å². The van der Waals surface area contributed by atoms with Gasteiger partial charge in [-0.15, -0.1) is 0 Å². The number of ketones is 1. The quantitative estimate of drug-likeness (QED) is 0.696. The van der Waals surface area contributed by atoms with Gasteiger partial charge >= 0.3 is 0 Å². The first-order valence-corrected chi connectivity index (χ1v) is 5.01. The van der Waals surface area contributed by atoms with Crippen molar-refractivity contribution in [2.24, 2.45) is 0 Å². The minimum absolute atomic E-state index is 0.00203. The van der Waals surface area contributed by atoms with Crippen LogP contribution in [-0.2, 0) is 6.42 Å². The van der Waals surface area contributed by atoms with Crippen LogP contribution in [0, 0.1) is 0 Å². The van der Waals surface area contributed by atoms with Crippen molar-refractivity contribution >= 4 is 5.78 Å². The summed E-state index contributed by atoms with van der Waals surface area (Å²) in [5, 5.41) is 0. The van der Waals surface area contributed by atoms with E-state index in [1.165, 1.54) is 6.92 Å². The summed E-state index contributed by atoms with van der Waals surface area (Å²) in [5.41, 5.74) is 1.70. The summed E-state index contributed by atoms with van der Waals surface area (Å²) in [4.78, 5) is 11.4. The number of ether oxygens (including phenoxy) is 2. The van der Waals surface area contributed by atoms with E-state index in [9.17, 15) is 4.79 Å². The van der Waals surface area contributed by atoms with Gasteiger partial charge in [-0.05, 0) is 19.9 Å². The summed E-state index contributed by atoms with van der Waals surface area (Å²) < 4.78 is 10.9. The molecule has 1 unspecified atom stereocenters. The monoisotopic (exact) mass is 206 g/mol. The molecule has 2 rings (SSSR count). The maximum Gasteiger partial charge on any atom is 0.171 e. The SMILES string of the molecule is COc1c(C(C)=O)ccc2c1OC(C)C2. The second kappa shape index (κ2) is 3.57. The lowest BCUT2D eigenvalue weighted by atomic mass is 10.0. The fourth-order valence-electron chi connectivity index (χ4n) is 1.93. The molecule has 1 aliphatic rings. The normalized spacial score (nSPS) is 18.2. The molecule has 0 fully saturated rings. The second-order valence-electron chi connectivity index (χ2n) is 3.82. The van der Waals surface area contributed by atoms with Crippen LogP contribution < -0.4 is 9.47 Å². The standard InChI is InChI=1S/C12H14O3/c1-7-6-9-4-5-10(8(2)13)12(14-3)11(9)15-7/h4-5,7H,6H2,1-3H3. The summed E-state index contributed by atoms with van der Waals surface area (Å²) in [7, 11) is 1.56. The molecule has 80 valence electrons. The molecule has 0 saturated carbocycles. The van der Waals surface area contributed by atoms with Crippen LogP contribution in [0.3, 0.4) is 0 Å². The van der Waals surface area contributed by atoms with E-state index in [2.05, 4.69) is 0 Å². The van der Waals surface area contributed by atoms with Gasteiger partial charge in [-0.25, -0.2) is 0 Å². The van der Waals surface area contributed by atoms with E-state index in [0.29, 0.717) is 11.3 Å². The highest BCUT2D eigenvalue weighted by Crippen LogP contribution is 2.40. The number of fused-ring (bicyclic) bond motifs is 1. The molecule has 0 bridgehead atoms. The van der Waals surface area contributed by atoms with Crippen molar-refractivity contribution < 1.29 is 14.3 Å². The number of carbonyl (C=O) groups is 1. The molecule has 1 aromatic carbocycles. The van der Waals surface area contributed by atoms with E-state index in [0.717, 1.165) is 17.7 Å². The number of carbonyl (C=O) groups excluding carboxylic acids is 1. The molecule has 1 aromatic rings. The molecule has 0 aliphatic carbocycles. The van der Waals surface area contributed by atoms with Crippen molar-refractivity contribution in [1.82, 2.24) is 0 Å². The Kier molecular flexibility index (Phi) is 2.39.